The quantitative estimate of drug-likeness (QED) is 0.0911. The van der Waals surface area contributed by atoms with Gasteiger partial charge in [-0.05, 0) is 19.8 Å². The Hall–Kier alpha value is -2.93. The first kappa shape index (κ1) is 24.1. The second kappa shape index (κ2) is 12.4. The Kier molecular flexibility index (Phi) is 11.1. The third-order valence-corrected chi connectivity index (χ3v) is 3.27. The lowest BCUT2D eigenvalue weighted by Gasteiger charge is -2.19. The number of nitrogens with zero attached hydrogens (tertiary/aromatic N) is 1. The smallest absolute Gasteiger partial charge is 0.328 e. The summed E-state index contributed by atoms with van der Waals surface area (Å²) in [5.41, 5.74) is 15.6. The van der Waals surface area contributed by atoms with Crippen LogP contribution < -0.4 is 33.2 Å². The molecule has 0 aliphatic carbocycles. The van der Waals surface area contributed by atoms with Gasteiger partial charge in [0.15, 0.2) is 12.0 Å². The molecule has 3 atom stereocenters. The first-order valence-electron chi connectivity index (χ1n) is 8.11. The molecule has 3 amide bonds. The molecule has 0 aromatic heterocycles. The number of aliphatic imine (C=N–C) groups is 1. The molecular weight excluding hydrogens is 362 g/mol. The lowest BCUT2D eigenvalue weighted by molar-refractivity contribution is -0.144. The predicted octanol–water partition coefficient (Wildman–Crippen LogP) is -4.45. The number of aliphatic hydroxyl groups is 1. The normalized spacial score (nSPS) is 13.6. The average molecular weight is 389 g/mol. The van der Waals surface area contributed by atoms with Crippen molar-refractivity contribution in [2.75, 3.05) is 19.6 Å². The van der Waals surface area contributed by atoms with Crippen LogP contribution in [0.4, 0.5) is 0 Å². The number of carboxylic acids is 1. The van der Waals surface area contributed by atoms with E-state index in [1.807, 2.05) is 0 Å². The van der Waals surface area contributed by atoms with E-state index in [0.717, 1.165) is 0 Å². The maximum absolute atomic E-state index is 12.2. The Morgan fingerprint density at radius 3 is 2.22 bits per heavy atom. The van der Waals surface area contributed by atoms with Gasteiger partial charge in [-0.25, -0.2) is 4.79 Å². The SMILES string of the molecule is CC(O)C(NC(=O)CNC(=O)C(CCCN=C(N)N)NC(=O)CN)C(=O)O. The van der Waals surface area contributed by atoms with Crippen molar-refractivity contribution in [1.82, 2.24) is 16.0 Å². The molecule has 3 unspecified atom stereocenters. The van der Waals surface area contributed by atoms with Crippen molar-refractivity contribution in [2.24, 2.45) is 22.2 Å². The minimum atomic E-state index is -1.51. The van der Waals surface area contributed by atoms with Crippen molar-refractivity contribution >= 4 is 29.7 Å². The van der Waals surface area contributed by atoms with E-state index in [-0.39, 0.29) is 25.5 Å². The largest absolute Gasteiger partial charge is 0.480 e. The second-order valence-corrected chi connectivity index (χ2v) is 5.61. The molecule has 27 heavy (non-hydrogen) atoms. The number of carbonyl (C=O) groups excluding carboxylic acids is 3. The van der Waals surface area contributed by atoms with E-state index in [2.05, 4.69) is 20.9 Å². The highest BCUT2D eigenvalue weighted by atomic mass is 16.4. The fourth-order valence-corrected chi connectivity index (χ4v) is 1.93. The summed E-state index contributed by atoms with van der Waals surface area (Å²) in [5, 5.41) is 25.0. The number of amides is 3. The average Bonchev–Trinajstić information content (AvgIpc) is 2.58. The molecule has 0 saturated carbocycles. The van der Waals surface area contributed by atoms with Gasteiger partial charge in [0.25, 0.3) is 0 Å². The lowest BCUT2D eigenvalue weighted by atomic mass is 10.1. The van der Waals surface area contributed by atoms with E-state index in [4.69, 9.17) is 22.3 Å². The molecule has 13 nitrogen and oxygen atoms in total. The molecule has 11 N–H and O–H groups in total. The van der Waals surface area contributed by atoms with Crippen LogP contribution in [0, 0.1) is 0 Å². The zero-order valence-electron chi connectivity index (χ0n) is 15.0. The van der Waals surface area contributed by atoms with Crippen LogP contribution in [0.15, 0.2) is 4.99 Å². The highest BCUT2D eigenvalue weighted by molar-refractivity contribution is 5.91. The maximum Gasteiger partial charge on any atom is 0.328 e. The standard InChI is InChI=1S/C14H27N7O6/c1-7(22)11(13(26)27)21-10(24)6-19-12(25)8(20-9(23)5-15)3-2-4-18-14(16)17/h7-8,11,22H,2-6,15H2,1H3,(H,19,25)(H,20,23)(H,21,24)(H,26,27)(H4,16,17,18). The van der Waals surface area contributed by atoms with Gasteiger partial charge in [-0.1, -0.05) is 0 Å². The highest BCUT2D eigenvalue weighted by Crippen LogP contribution is 1.99. The van der Waals surface area contributed by atoms with Crippen molar-refractivity contribution in [3.8, 4) is 0 Å². The van der Waals surface area contributed by atoms with E-state index in [1.165, 1.54) is 6.92 Å². The van der Waals surface area contributed by atoms with Gasteiger partial charge in [0.1, 0.15) is 6.04 Å². The summed E-state index contributed by atoms with van der Waals surface area (Å²) in [6.45, 7) is 0.567. The molecule has 0 heterocycles. The summed E-state index contributed by atoms with van der Waals surface area (Å²) in [6, 6.07) is -2.49. The van der Waals surface area contributed by atoms with Gasteiger partial charge in [0, 0.05) is 6.54 Å². The summed E-state index contributed by atoms with van der Waals surface area (Å²) in [6.07, 6.45) is -0.772. The Balaban J connectivity index is 4.68. The zero-order valence-corrected chi connectivity index (χ0v) is 15.0. The number of aliphatic carboxylic acids is 1. The van der Waals surface area contributed by atoms with Crippen molar-refractivity contribution in [1.29, 1.82) is 0 Å². The van der Waals surface area contributed by atoms with Crippen LogP contribution in [0.25, 0.3) is 0 Å². The van der Waals surface area contributed by atoms with Crippen LogP contribution in [0.5, 0.6) is 0 Å². The first-order valence-corrected chi connectivity index (χ1v) is 8.11. The molecule has 0 aliphatic heterocycles. The van der Waals surface area contributed by atoms with Gasteiger partial charge < -0.3 is 43.4 Å². The monoisotopic (exact) mass is 389 g/mol. The van der Waals surface area contributed by atoms with Gasteiger partial charge in [0.2, 0.25) is 17.7 Å². The Labute approximate surface area is 155 Å². The van der Waals surface area contributed by atoms with E-state index in [9.17, 15) is 24.3 Å². The van der Waals surface area contributed by atoms with Crippen molar-refractivity contribution in [3.63, 3.8) is 0 Å². The van der Waals surface area contributed by atoms with Crippen LogP contribution in [-0.4, -0.2) is 77.7 Å². The number of nitrogens with one attached hydrogen (secondary N) is 3. The van der Waals surface area contributed by atoms with Crippen LogP contribution in [-0.2, 0) is 19.2 Å². The van der Waals surface area contributed by atoms with Crippen molar-refractivity contribution in [2.45, 2.75) is 38.0 Å². The fraction of sp³-hybridized carbons (Fsp3) is 0.643. The molecule has 0 saturated heterocycles. The summed E-state index contributed by atoms with van der Waals surface area (Å²) in [4.78, 5) is 50.1. The van der Waals surface area contributed by atoms with E-state index < -0.39 is 48.4 Å². The number of carbonyl (C=O) groups is 4. The molecule has 0 aromatic carbocycles. The van der Waals surface area contributed by atoms with Gasteiger partial charge in [0.05, 0.1) is 19.2 Å². The molecular formula is C14H27N7O6. The minimum absolute atomic E-state index is 0.107. The van der Waals surface area contributed by atoms with Crippen molar-refractivity contribution in [3.05, 3.63) is 0 Å². The maximum atomic E-state index is 12.2. The van der Waals surface area contributed by atoms with Crippen LogP contribution in [0.1, 0.15) is 19.8 Å². The first-order chi connectivity index (χ1) is 12.6. The Morgan fingerprint density at radius 2 is 1.74 bits per heavy atom. The Morgan fingerprint density at radius 1 is 1.11 bits per heavy atom. The molecule has 0 radical (unpaired) electrons. The number of rotatable bonds is 12. The van der Waals surface area contributed by atoms with Crippen LogP contribution in [0.2, 0.25) is 0 Å². The van der Waals surface area contributed by atoms with Crippen LogP contribution in [0.3, 0.4) is 0 Å². The highest BCUT2D eigenvalue weighted by Gasteiger charge is 2.26. The van der Waals surface area contributed by atoms with Crippen molar-refractivity contribution < 1.29 is 29.4 Å². The number of nitrogens with two attached hydrogens (primary N) is 3. The zero-order chi connectivity index (χ0) is 21.0. The summed E-state index contributed by atoms with van der Waals surface area (Å²) in [7, 11) is 0. The topological polar surface area (TPSA) is 235 Å². The molecule has 154 valence electrons. The second-order valence-electron chi connectivity index (χ2n) is 5.61. The minimum Gasteiger partial charge on any atom is -0.480 e. The fourth-order valence-electron chi connectivity index (χ4n) is 1.93. The van der Waals surface area contributed by atoms with Gasteiger partial charge >= 0.3 is 5.97 Å². The molecule has 0 aromatic rings. The third kappa shape index (κ3) is 10.6. The molecule has 0 fully saturated rings. The molecule has 0 aliphatic rings. The molecule has 13 heteroatoms. The molecule has 0 spiro atoms. The predicted molar refractivity (Wildman–Crippen MR) is 95.2 cm³/mol. The lowest BCUT2D eigenvalue weighted by Crippen LogP contribution is -2.53. The van der Waals surface area contributed by atoms with E-state index >= 15 is 0 Å². The molecule has 0 rings (SSSR count). The van der Waals surface area contributed by atoms with E-state index in [1.54, 1.807) is 0 Å². The summed E-state index contributed by atoms with van der Waals surface area (Å²) in [5.74, 6) is -3.58. The number of aliphatic hydroxyl groups excluding tert-OH is 1. The summed E-state index contributed by atoms with van der Waals surface area (Å²) < 4.78 is 0. The number of hydrogen-bond acceptors (Lipinski definition) is 7. The summed E-state index contributed by atoms with van der Waals surface area (Å²) >= 11 is 0. The number of guanidine groups is 1. The number of carboxylic acid groups (broad SMARTS) is 1. The van der Waals surface area contributed by atoms with Gasteiger partial charge in [-0.3, -0.25) is 19.4 Å². The third-order valence-electron chi connectivity index (χ3n) is 3.27. The van der Waals surface area contributed by atoms with Gasteiger partial charge in [-0.2, -0.15) is 0 Å². The van der Waals surface area contributed by atoms with Gasteiger partial charge in [-0.15, -0.1) is 0 Å². The Bertz CT molecular complexity index is 562. The van der Waals surface area contributed by atoms with E-state index in [0.29, 0.717) is 6.42 Å². The van der Waals surface area contributed by atoms with Crippen LogP contribution >= 0.6 is 0 Å². The molecule has 0 bridgehead atoms. The number of hydrogen-bond donors (Lipinski definition) is 8.